The van der Waals surface area contributed by atoms with E-state index in [-0.39, 0.29) is 16.3 Å². The Morgan fingerprint density at radius 2 is 1.88 bits per heavy atom. The van der Waals surface area contributed by atoms with Gasteiger partial charge in [0, 0.05) is 31.5 Å². The maximum Gasteiger partial charge on any atom is 0.295 e. The molecule has 2 aromatic rings. The van der Waals surface area contributed by atoms with Crippen molar-refractivity contribution in [3.63, 3.8) is 0 Å². The topological polar surface area (TPSA) is 118 Å². The Bertz CT molecular complexity index is 925. The summed E-state index contributed by atoms with van der Waals surface area (Å²) in [5.41, 5.74) is 3.12. The van der Waals surface area contributed by atoms with Gasteiger partial charge in [0.05, 0.1) is 16.0 Å². The second-order valence-electron chi connectivity index (χ2n) is 5.70. The fourth-order valence-electron chi connectivity index (χ4n) is 2.62. The normalized spacial score (nSPS) is 15.4. The molecule has 1 aliphatic heterocycles. The number of nitro groups is 1. The number of hydrogen-bond acceptors (Lipinski definition) is 7. The first-order chi connectivity index (χ1) is 12.5. The SMILES string of the molecule is O=[N+]([O-])c1cc(S(=O)(=O)N2CCCC2)ccc1NN=Cc1ccncc1. The summed E-state index contributed by atoms with van der Waals surface area (Å²) in [5.74, 6) is 0. The molecule has 0 bridgehead atoms. The molecule has 1 aromatic carbocycles. The molecule has 0 spiro atoms. The lowest BCUT2D eigenvalue weighted by Gasteiger charge is -2.15. The van der Waals surface area contributed by atoms with E-state index in [9.17, 15) is 18.5 Å². The van der Waals surface area contributed by atoms with Crippen LogP contribution in [0.4, 0.5) is 11.4 Å². The van der Waals surface area contributed by atoms with E-state index < -0.39 is 14.9 Å². The summed E-state index contributed by atoms with van der Waals surface area (Å²) in [6.07, 6.45) is 6.28. The zero-order valence-electron chi connectivity index (χ0n) is 13.8. The van der Waals surface area contributed by atoms with Crippen LogP contribution < -0.4 is 5.43 Å². The Balaban J connectivity index is 1.85. The lowest BCUT2D eigenvalue weighted by atomic mass is 10.3. The summed E-state index contributed by atoms with van der Waals surface area (Å²) in [6, 6.07) is 7.23. The molecule has 1 N–H and O–H groups in total. The second-order valence-corrected chi connectivity index (χ2v) is 7.64. The summed E-state index contributed by atoms with van der Waals surface area (Å²) in [6.45, 7) is 0.874. The van der Waals surface area contributed by atoms with E-state index >= 15 is 0 Å². The van der Waals surface area contributed by atoms with E-state index in [1.165, 1.54) is 22.7 Å². The monoisotopic (exact) mass is 375 g/mol. The minimum atomic E-state index is -3.72. The highest BCUT2D eigenvalue weighted by Crippen LogP contribution is 2.30. The summed E-state index contributed by atoms with van der Waals surface area (Å²) in [7, 11) is -3.72. The Morgan fingerprint density at radius 3 is 2.54 bits per heavy atom. The van der Waals surface area contributed by atoms with Crippen molar-refractivity contribution in [1.82, 2.24) is 9.29 Å². The molecule has 1 aromatic heterocycles. The Kier molecular flexibility index (Phi) is 5.24. The second kappa shape index (κ2) is 7.58. The van der Waals surface area contributed by atoms with Gasteiger partial charge in [-0.15, -0.1) is 0 Å². The molecule has 0 aliphatic carbocycles. The molecule has 0 unspecified atom stereocenters. The van der Waals surface area contributed by atoms with Crippen molar-refractivity contribution in [3.05, 3.63) is 58.4 Å². The third-order valence-corrected chi connectivity index (χ3v) is 5.87. The zero-order valence-corrected chi connectivity index (χ0v) is 14.6. The van der Waals surface area contributed by atoms with Gasteiger partial charge in [0.25, 0.3) is 5.69 Å². The first-order valence-electron chi connectivity index (χ1n) is 7.96. The van der Waals surface area contributed by atoms with Crippen LogP contribution in [-0.4, -0.2) is 41.9 Å². The van der Waals surface area contributed by atoms with Gasteiger partial charge in [-0.25, -0.2) is 8.42 Å². The van der Waals surface area contributed by atoms with Gasteiger partial charge in [-0.05, 0) is 42.7 Å². The van der Waals surface area contributed by atoms with Crippen molar-refractivity contribution >= 4 is 27.6 Å². The number of nitrogens with one attached hydrogen (secondary N) is 1. The molecule has 1 fully saturated rings. The van der Waals surface area contributed by atoms with Crippen LogP contribution in [0, 0.1) is 10.1 Å². The van der Waals surface area contributed by atoms with Gasteiger partial charge < -0.3 is 0 Å². The molecular formula is C16H17N5O4S. The average molecular weight is 375 g/mol. The maximum absolute atomic E-state index is 12.6. The number of nitrogens with zero attached hydrogens (tertiary/aromatic N) is 4. The van der Waals surface area contributed by atoms with Crippen molar-refractivity contribution < 1.29 is 13.3 Å². The van der Waals surface area contributed by atoms with Crippen LogP contribution in [0.15, 0.2) is 52.7 Å². The lowest BCUT2D eigenvalue weighted by molar-refractivity contribution is -0.384. The van der Waals surface area contributed by atoms with Crippen LogP contribution in [0.3, 0.4) is 0 Å². The molecule has 136 valence electrons. The van der Waals surface area contributed by atoms with Crippen LogP contribution >= 0.6 is 0 Å². The summed E-state index contributed by atoms with van der Waals surface area (Å²) < 4.78 is 26.5. The molecule has 0 amide bonds. The number of nitro benzene ring substituents is 1. The Hall–Kier alpha value is -2.85. The zero-order chi connectivity index (χ0) is 18.6. The fourth-order valence-corrected chi connectivity index (χ4v) is 4.16. The molecule has 0 radical (unpaired) electrons. The first kappa shape index (κ1) is 18.0. The fraction of sp³-hybridized carbons (Fsp3) is 0.250. The van der Waals surface area contributed by atoms with Gasteiger partial charge >= 0.3 is 0 Å². The minimum absolute atomic E-state index is 0.0882. The highest BCUT2D eigenvalue weighted by molar-refractivity contribution is 7.89. The van der Waals surface area contributed by atoms with Crippen molar-refractivity contribution in [3.8, 4) is 0 Å². The van der Waals surface area contributed by atoms with E-state index in [0.29, 0.717) is 13.1 Å². The van der Waals surface area contributed by atoms with Crippen LogP contribution in [-0.2, 0) is 10.0 Å². The van der Waals surface area contributed by atoms with E-state index in [1.807, 2.05) is 0 Å². The van der Waals surface area contributed by atoms with Gasteiger partial charge in [0.15, 0.2) is 0 Å². The Morgan fingerprint density at radius 1 is 1.19 bits per heavy atom. The number of anilines is 1. The van der Waals surface area contributed by atoms with Gasteiger partial charge in [-0.2, -0.15) is 9.41 Å². The average Bonchev–Trinajstić information content (AvgIpc) is 3.18. The van der Waals surface area contributed by atoms with Crippen LogP contribution in [0.2, 0.25) is 0 Å². The van der Waals surface area contributed by atoms with Crippen LogP contribution in [0.25, 0.3) is 0 Å². The minimum Gasteiger partial charge on any atom is -0.272 e. The number of hydrazone groups is 1. The molecular weight excluding hydrogens is 358 g/mol. The molecule has 1 saturated heterocycles. The van der Waals surface area contributed by atoms with Crippen molar-refractivity contribution in [2.45, 2.75) is 17.7 Å². The number of sulfonamides is 1. The quantitative estimate of drug-likeness (QED) is 0.470. The maximum atomic E-state index is 12.6. The molecule has 3 rings (SSSR count). The molecule has 2 heterocycles. The molecule has 10 heteroatoms. The van der Waals surface area contributed by atoms with Gasteiger partial charge in [-0.1, -0.05) is 0 Å². The molecule has 1 aliphatic rings. The van der Waals surface area contributed by atoms with Crippen molar-refractivity contribution in [2.75, 3.05) is 18.5 Å². The number of aromatic nitrogens is 1. The highest BCUT2D eigenvalue weighted by Gasteiger charge is 2.29. The summed E-state index contributed by atoms with van der Waals surface area (Å²) in [5, 5.41) is 15.3. The Labute approximate surface area is 150 Å². The molecule has 9 nitrogen and oxygen atoms in total. The van der Waals surface area contributed by atoms with Crippen molar-refractivity contribution in [1.29, 1.82) is 0 Å². The van der Waals surface area contributed by atoms with Crippen LogP contribution in [0.1, 0.15) is 18.4 Å². The van der Waals surface area contributed by atoms with Crippen molar-refractivity contribution in [2.24, 2.45) is 5.10 Å². The lowest BCUT2D eigenvalue weighted by Crippen LogP contribution is -2.27. The molecule has 0 saturated carbocycles. The first-order valence-corrected chi connectivity index (χ1v) is 9.40. The third-order valence-electron chi connectivity index (χ3n) is 3.97. The molecule has 0 atom stereocenters. The number of hydrogen-bond donors (Lipinski definition) is 1. The van der Waals surface area contributed by atoms with Gasteiger partial charge in [0.2, 0.25) is 10.0 Å². The van der Waals surface area contributed by atoms with E-state index in [0.717, 1.165) is 24.5 Å². The summed E-state index contributed by atoms with van der Waals surface area (Å²) in [4.78, 5) is 14.5. The summed E-state index contributed by atoms with van der Waals surface area (Å²) >= 11 is 0. The number of benzene rings is 1. The van der Waals surface area contributed by atoms with E-state index in [1.54, 1.807) is 24.5 Å². The van der Waals surface area contributed by atoms with E-state index in [4.69, 9.17) is 0 Å². The van der Waals surface area contributed by atoms with Gasteiger partial charge in [0.1, 0.15) is 5.69 Å². The predicted octanol–water partition coefficient (Wildman–Crippen LogP) is 2.22. The molecule has 26 heavy (non-hydrogen) atoms. The van der Waals surface area contributed by atoms with Gasteiger partial charge in [-0.3, -0.25) is 20.5 Å². The highest BCUT2D eigenvalue weighted by atomic mass is 32.2. The smallest absolute Gasteiger partial charge is 0.272 e. The third kappa shape index (κ3) is 3.86. The number of pyridine rings is 1. The van der Waals surface area contributed by atoms with Crippen LogP contribution in [0.5, 0.6) is 0 Å². The number of rotatable bonds is 6. The predicted molar refractivity (Wildman–Crippen MR) is 96.5 cm³/mol. The van der Waals surface area contributed by atoms with E-state index in [2.05, 4.69) is 15.5 Å². The standard InChI is InChI=1S/C16H17N5O4S/c22-21(23)16-11-14(26(24,25)20-9-1-2-10-20)3-4-15(16)19-18-12-13-5-7-17-8-6-13/h3-8,11-12,19H,1-2,9-10H2. The largest absolute Gasteiger partial charge is 0.295 e.